The largest absolute Gasteiger partial charge is 0.618 e. The summed E-state index contributed by atoms with van der Waals surface area (Å²) in [4.78, 5) is 43.6. The lowest BCUT2D eigenvalue weighted by Gasteiger charge is -2.27. The molecule has 180 valence electrons. The molecule has 0 bridgehead atoms. The average Bonchev–Trinajstić information content (AvgIpc) is 3.31. The number of nitrogens with zero attached hydrogens (tertiary/aromatic N) is 3. The first-order chi connectivity index (χ1) is 16.0. The van der Waals surface area contributed by atoms with E-state index in [4.69, 9.17) is 16.3 Å². The Morgan fingerprint density at radius 2 is 1.74 bits per heavy atom. The van der Waals surface area contributed by atoms with Crippen LogP contribution in [0.3, 0.4) is 0 Å². The van der Waals surface area contributed by atoms with Crippen molar-refractivity contribution in [3.05, 3.63) is 88.9 Å². The molecule has 2 heterocycles. The van der Waals surface area contributed by atoms with Gasteiger partial charge in [-0.05, 0) is 30.5 Å². The number of ether oxygens (including phenoxy) is 1. The molecule has 1 aromatic heterocycles. The predicted molar refractivity (Wildman–Crippen MR) is 111 cm³/mol. The van der Waals surface area contributed by atoms with Crippen molar-refractivity contribution in [1.29, 1.82) is 0 Å². The molecular formula is C20H18ClN3O10. The van der Waals surface area contributed by atoms with Crippen molar-refractivity contribution in [2.75, 3.05) is 0 Å². The number of pyridine rings is 1. The molecule has 0 saturated heterocycles. The molecule has 4 rings (SSSR count). The number of benzene rings is 1. The molecule has 2 aliphatic rings. The number of aliphatic carboxylic acids is 1. The average molecular weight is 496 g/mol. The highest BCUT2D eigenvalue weighted by Gasteiger charge is 2.58. The zero-order chi connectivity index (χ0) is 24.8. The fourth-order valence-corrected chi connectivity index (χ4v) is 5.04. The molecule has 1 aromatic carbocycles. The Morgan fingerprint density at radius 3 is 2.24 bits per heavy atom. The highest BCUT2D eigenvalue weighted by Crippen LogP contribution is 2.49. The van der Waals surface area contributed by atoms with Gasteiger partial charge in [0, 0.05) is 23.1 Å². The molecular weight excluding hydrogens is 478 g/mol. The minimum atomic E-state index is -1.93. The molecule has 13 nitrogen and oxygen atoms in total. The second-order valence-electron chi connectivity index (χ2n) is 8.12. The summed E-state index contributed by atoms with van der Waals surface area (Å²) in [5.41, 5.74) is -0.296. The number of carboxylic acid groups (broad SMARTS) is 1. The lowest BCUT2D eigenvalue weighted by atomic mass is 9.74. The molecule has 1 N–H and O–H groups in total. The zero-order valence-electron chi connectivity index (χ0n) is 17.6. The summed E-state index contributed by atoms with van der Waals surface area (Å²) in [5, 5.41) is 43.2. The number of carbonyl (C=O) groups is 1. The predicted octanol–water partition coefficient (Wildman–Crippen LogP) is 2.17. The molecule has 0 amide bonds. The van der Waals surface area contributed by atoms with E-state index in [1.165, 1.54) is 13.1 Å². The molecule has 0 spiro atoms. The lowest BCUT2D eigenvalue weighted by molar-refractivity contribution is -0.797. The van der Waals surface area contributed by atoms with Crippen LogP contribution in [0.4, 0.5) is 0 Å². The first-order valence-electron chi connectivity index (χ1n) is 10.0. The van der Waals surface area contributed by atoms with Crippen molar-refractivity contribution in [2.24, 2.45) is 0 Å². The first-order valence-corrected chi connectivity index (χ1v) is 10.4. The monoisotopic (exact) mass is 495 g/mol. The Balaban J connectivity index is 1.86. The fourth-order valence-electron chi connectivity index (χ4n) is 4.91. The van der Waals surface area contributed by atoms with E-state index in [2.05, 4.69) is 9.68 Å². The topological polar surface area (TPSA) is 178 Å². The summed E-state index contributed by atoms with van der Waals surface area (Å²) in [6.45, 7) is 1.37. The molecule has 0 radical (unpaired) electrons. The van der Waals surface area contributed by atoms with Gasteiger partial charge in [0.05, 0.1) is 12.2 Å². The minimum Gasteiger partial charge on any atom is -0.618 e. The van der Waals surface area contributed by atoms with Crippen LogP contribution in [0.5, 0.6) is 0 Å². The van der Waals surface area contributed by atoms with Gasteiger partial charge in [-0.3, -0.25) is 4.79 Å². The zero-order valence-corrected chi connectivity index (χ0v) is 18.3. The molecule has 1 saturated carbocycles. The molecule has 2 aromatic rings. The van der Waals surface area contributed by atoms with Gasteiger partial charge in [-0.15, -0.1) is 20.2 Å². The number of rotatable bonds is 7. The van der Waals surface area contributed by atoms with Gasteiger partial charge < -0.3 is 24.7 Å². The van der Waals surface area contributed by atoms with E-state index >= 15 is 0 Å². The van der Waals surface area contributed by atoms with Crippen LogP contribution in [0.1, 0.15) is 46.9 Å². The van der Waals surface area contributed by atoms with E-state index in [0.717, 1.165) is 0 Å². The van der Waals surface area contributed by atoms with Crippen molar-refractivity contribution in [1.82, 2.24) is 0 Å². The molecule has 1 aliphatic heterocycles. The van der Waals surface area contributed by atoms with E-state index < -0.39 is 52.7 Å². The fraction of sp³-hybridized carbons (Fsp3) is 0.400. The van der Waals surface area contributed by atoms with Crippen LogP contribution >= 0.6 is 11.6 Å². The molecule has 4 atom stereocenters. The van der Waals surface area contributed by atoms with Gasteiger partial charge in [0.1, 0.15) is 23.7 Å². The van der Waals surface area contributed by atoms with Gasteiger partial charge >= 0.3 is 5.97 Å². The molecule has 1 fully saturated rings. The van der Waals surface area contributed by atoms with Gasteiger partial charge in [0.25, 0.3) is 10.2 Å². The van der Waals surface area contributed by atoms with Crippen LogP contribution in [0.25, 0.3) is 0 Å². The van der Waals surface area contributed by atoms with Crippen molar-refractivity contribution in [3.8, 4) is 0 Å². The Morgan fingerprint density at radius 1 is 1.18 bits per heavy atom. The third-order valence-corrected chi connectivity index (χ3v) is 6.55. The summed E-state index contributed by atoms with van der Waals surface area (Å²) in [6.07, 6.45) is -3.52. The maximum absolute atomic E-state index is 12.8. The van der Waals surface area contributed by atoms with Crippen LogP contribution in [0, 0.1) is 32.4 Å². The van der Waals surface area contributed by atoms with Crippen molar-refractivity contribution < 1.29 is 39.2 Å². The van der Waals surface area contributed by atoms with E-state index in [-0.39, 0.29) is 17.9 Å². The summed E-state index contributed by atoms with van der Waals surface area (Å²) in [5.74, 6) is -1.43. The molecule has 1 aliphatic carbocycles. The maximum atomic E-state index is 12.8. The summed E-state index contributed by atoms with van der Waals surface area (Å²) in [6, 6.07) is 6.71. The standard InChI is InChI=1S/C20H18ClN3O10/c1-10-17(20(19(25)26)6-15(33-23(28)29)16(7-20)34-24(30)31)14-9-32-18(13(14)8-22(10)27)11-2-4-12(21)5-3-11/h2-5,8,15-16,18H,6-7,9H2,1H3,(H,25,26)/t15-,16+,18?,20?. The smallest absolute Gasteiger partial charge is 0.314 e. The Hall–Kier alpha value is -3.71. The van der Waals surface area contributed by atoms with Crippen molar-refractivity contribution in [3.63, 3.8) is 0 Å². The van der Waals surface area contributed by atoms with Crippen LogP contribution < -0.4 is 4.73 Å². The molecule has 2 unspecified atom stereocenters. The van der Waals surface area contributed by atoms with Crippen LogP contribution in [-0.4, -0.2) is 33.5 Å². The number of halogens is 1. The van der Waals surface area contributed by atoms with Gasteiger partial charge in [0.15, 0.2) is 11.9 Å². The number of hydrogen-bond acceptors (Lipinski definition) is 9. The van der Waals surface area contributed by atoms with Crippen LogP contribution in [0.15, 0.2) is 30.5 Å². The van der Waals surface area contributed by atoms with Crippen molar-refractivity contribution in [2.45, 2.75) is 50.1 Å². The van der Waals surface area contributed by atoms with E-state index in [1.807, 2.05) is 0 Å². The summed E-state index contributed by atoms with van der Waals surface area (Å²) in [7, 11) is 0. The summed E-state index contributed by atoms with van der Waals surface area (Å²) < 4.78 is 6.40. The Labute approximate surface area is 196 Å². The van der Waals surface area contributed by atoms with E-state index in [9.17, 15) is 35.3 Å². The van der Waals surface area contributed by atoms with Crippen LogP contribution in [-0.2, 0) is 31.2 Å². The second-order valence-corrected chi connectivity index (χ2v) is 8.56. The SMILES string of the molecule is Cc1c(C2(C(=O)O)C[C@H](O[N+](=O)[O-])[C@H](O[N+](=O)[O-])C2)c2c(c[n+]1[O-])C(c1ccc(Cl)cc1)OC2. The molecule has 14 heteroatoms. The van der Waals surface area contributed by atoms with Crippen molar-refractivity contribution >= 4 is 17.6 Å². The van der Waals surface area contributed by atoms with Gasteiger partial charge in [-0.25, -0.2) is 0 Å². The normalized spacial score (nSPS) is 25.5. The van der Waals surface area contributed by atoms with Crippen LogP contribution in [0.2, 0.25) is 5.02 Å². The second kappa shape index (κ2) is 8.57. The lowest BCUT2D eigenvalue weighted by Crippen LogP contribution is -2.42. The summed E-state index contributed by atoms with van der Waals surface area (Å²) >= 11 is 5.95. The quantitative estimate of drug-likeness (QED) is 0.259. The minimum absolute atomic E-state index is 0.0307. The first kappa shape index (κ1) is 23.4. The number of aromatic nitrogens is 1. The third kappa shape index (κ3) is 3.92. The number of fused-ring (bicyclic) bond motifs is 1. The van der Waals surface area contributed by atoms with Gasteiger partial charge in [0.2, 0.25) is 0 Å². The van der Waals surface area contributed by atoms with Gasteiger partial charge in [-0.1, -0.05) is 23.7 Å². The maximum Gasteiger partial charge on any atom is 0.314 e. The van der Waals surface area contributed by atoms with E-state index in [0.29, 0.717) is 26.4 Å². The van der Waals surface area contributed by atoms with E-state index in [1.54, 1.807) is 24.3 Å². The number of hydrogen-bond donors (Lipinski definition) is 1. The van der Waals surface area contributed by atoms with Gasteiger partial charge in [-0.2, -0.15) is 4.73 Å². The Kier molecular flexibility index (Phi) is 5.91. The number of carboxylic acids is 1. The highest BCUT2D eigenvalue weighted by atomic mass is 35.5. The molecule has 34 heavy (non-hydrogen) atoms. The third-order valence-electron chi connectivity index (χ3n) is 6.29. The Bertz CT molecular complexity index is 1150. The highest BCUT2D eigenvalue weighted by molar-refractivity contribution is 6.30.